The lowest BCUT2D eigenvalue weighted by Crippen LogP contribution is -2.20. The van der Waals surface area contributed by atoms with E-state index < -0.39 is 28.4 Å². The third kappa shape index (κ3) is 5.31. The molecular formula is C25H15ClF3N5O3. The van der Waals surface area contributed by atoms with Crippen LogP contribution in [-0.4, -0.2) is 21.0 Å². The second kappa shape index (κ2) is 9.43. The van der Waals surface area contributed by atoms with Gasteiger partial charge in [-0.1, -0.05) is 28.9 Å². The van der Waals surface area contributed by atoms with Gasteiger partial charge in [-0.25, -0.2) is 14.3 Å². The van der Waals surface area contributed by atoms with Gasteiger partial charge in [-0.2, -0.15) is 13.2 Å². The molecule has 37 heavy (non-hydrogen) atoms. The Morgan fingerprint density at radius 1 is 0.946 bits per heavy atom. The van der Waals surface area contributed by atoms with Crippen LogP contribution in [0.1, 0.15) is 5.56 Å². The molecule has 0 aliphatic heterocycles. The van der Waals surface area contributed by atoms with E-state index in [1.807, 2.05) is 0 Å². The van der Waals surface area contributed by atoms with Crippen LogP contribution < -0.4 is 16.3 Å². The number of carbonyl (C=O) groups is 1. The smallest absolute Gasteiger partial charge is 0.417 e. The summed E-state index contributed by atoms with van der Waals surface area (Å²) in [5, 5.41) is 13.5. The van der Waals surface area contributed by atoms with Gasteiger partial charge in [-0.05, 0) is 54.6 Å². The highest BCUT2D eigenvalue weighted by atomic mass is 35.5. The first-order valence-corrected chi connectivity index (χ1v) is 11.1. The SMILES string of the molecule is O=C(Nc1cccc(-c2cn(-c3ccc4oc(=O)ccc4c3)nn2)c1)Nc1ccc(Cl)c(C(F)(F)F)c1. The van der Waals surface area contributed by atoms with Crippen molar-refractivity contribution in [3.8, 4) is 16.9 Å². The van der Waals surface area contributed by atoms with Gasteiger partial charge in [0.05, 0.1) is 22.5 Å². The van der Waals surface area contributed by atoms with Crippen molar-refractivity contribution in [3.05, 3.63) is 100.0 Å². The number of amides is 2. The van der Waals surface area contributed by atoms with Gasteiger partial charge in [0.15, 0.2) is 0 Å². The molecule has 0 atom stereocenters. The molecule has 5 rings (SSSR count). The third-order valence-corrected chi connectivity index (χ3v) is 5.64. The molecule has 12 heteroatoms. The zero-order chi connectivity index (χ0) is 26.2. The highest BCUT2D eigenvalue weighted by Crippen LogP contribution is 2.36. The Morgan fingerprint density at radius 3 is 2.51 bits per heavy atom. The maximum atomic E-state index is 13.1. The predicted octanol–water partition coefficient (Wildman–Crippen LogP) is 6.36. The number of anilines is 2. The lowest BCUT2D eigenvalue weighted by molar-refractivity contribution is -0.137. The predicted molar refractivity (Wildman–Crippen MR) is 132 cm³/mol. The van der Waals surface area contributed by atoms with Crippen LogP contribution in [0.3, 0.4) is 0 Å². The molecule has 0 saturated carbocycles. The van der Waals surface area contributed by atoms with Gasteiger partial charge in [0.2, 0.25) is 0 Å². The van der Waals surface area contributed by atoms with E-state index in [1.54, 1.807) is 59.4 Å². The molecule has 2 aromatic heterocycles. The van der Waals surface area contributed by atoms with E-state index >= 15 is 0 Å². The summed E-state index contributed by atoms with van der Waals surface area (Å²) in [5.41, 5.74) is 1.12. The van der Waals surface area contributed by atoms with Crippen molar-refractivity contribution in [3.63, 3.8) is 0 Å². The van der Waals surface area contributed by atoms with Crippen molar-refractivity contribution in [2.45, 2.75) is 6.18 Å². The van der Waals surface area contributed by atoms with E-state index in [4.69, 9.17) is 16.0 Å². The summed E-state index contributed by atoms with van der Waals surface area (Å²) in [4.78, 5) is 23.8. The number of nitrogens with zero attached hydrogens (tertiary/aromatic N) is 3. The first-order chi connectivity index (χ1) is 17.7. The van der Waals surface area contributed by atoms with Crippen LogP contribution in [0, 0.1) is 0 Å². The van der Waals surface area contributed by atoms with Crippen molar-refractivity contribution in [1.82, 2.24) is 15.0 Å². The van der Waals surface area contributed by atoms with Gasteiger partial charge in [-0.15, -0.1) is 5.10 Å². The molecule has 5 aromatic rings. The molecule has 2 N–H and O–H groups in total. The van der Waals surface area contributed by atoms with Crippen LogP contribution in [0.2, 0.25) is 5.02 Å². The number of fused-ring (bicyclic) bond motifs is 1. The molecule has 0 fully saturated rings. The third-order valence-electron chi connectivity index (χ3n) is 5.31. The van der Waals surface area contributed by atoms with Crippen molar-refractivity contribution < 1.29 is 22.4 Å². The number of alkyl halides is 3. The maximum Gasteiger partial charge on any atom is 0.417 e. The molecule has 186 valence electrons. The van der Waals surface area contributed by atoms with Gasteiger partial charge >= 0.3 is 17.8 Å². The topological polar surface area (TPSA) is 102 Å². The molecule has 0 radical (unpaired) electrons. The highest BCUT2D eigenvalue weighted by molar-refractivity contribution is 6.31. The minimum Gasteiger partial charge on any atom is -0.423 e. The molecule has 0 aliphatic carbocycles. The van der Waals surface area contributed by atoms with Gasteiger partial charge < -0.3 is 15.1 Å². The number of halogens is 4. The van der Waals surface area contributed by atoms with Crippen molar-refractivity contribution in [2.24, 2.45) is 0 Å². The number of rotatable bonds is 4. The lowest BCUT2D eigenvalue weighted by Gasteiger charge is -2.12. The Hall–Kier alpha value is -4.64. The number of nitrogens with one attached hydrogen (secondary N) is 2. The number of hydrogen-bond donors (Lipinski definition) is 2. The molecule has 0 saturated heterocycles. The first-order valence-electron chi connectivity index (χ1n) is 10.7. The summed E-state index contributed by atoms with van der Waals surface area (Å²) >= 11 is 5.62. The molecule has 0 unspecified atom stereocenters. The Balaban J connectivity index is 1.32. The fourth-order valence-electron chi connectivity index (χ4n) is 3.59. The fraction of sp³-hybridized carbons (Fsp3) is 0.0400. The Kier molecular flexibility index (Phi) is 6.14. The van der Waals surface area contributed by atoms with E-state index in [0.29, 0.717) is 28.2 Å². The Labute approximate surface area is 211 Å². The first kappa shape index (κ1) is 24.1. The summed E-state index contributed by atoms with van der Waals surface area (Å²) in [5.74, 6) is 0. The lowest BCUT2D eigenvalue weighted by atomic mass is 10.1. The van der Waals surface area contributed by atoms with Crippen LogP contribution in [-0.2, 0) is 6.18 Å². The zero-order valence-electron chi connectivity index (χ0n) is 18.6. The largest absolute Gasteiger partial charge is 0.423 e. The van der Waals surface area contributed by atoms with E-state index in [2.05, 4.69) is 20.9 Å². The number of aromatic nitrogens is 3. The average Bonchev–Trinajstić information content (AvgIpc) is 3.35. The molecule has 2 amide bonds. The Morgan fingerprint density at radius 2 is 1.73 bits per heavy atom. The monoisotopic (exact) mass is 525 g/mol. The van der Waals surface area contributed by atoms with Gasteiger partial charge in [0, 0.05) is 28.4 Å². The molecule has 0 aliphatic rings. The van der Waals surface area contributed by atoms with Crippen molar-refractivity contribution in [1.29, 1.82) is 0 Å². The van der Waals surface area contributed by atoms with Crippen LogP contribution >= 0.6 is 11.6 Å². The van der Waals surface area contributed by atoms with E-state index in [0.717, 1.165) is 17.5 Å². The summed E-state index contributed by atoms with van der Waals surface area (Å²) in [7, 11) is 0. The number of carbonyl (C=O) groups excluding carboxylic acids is 1. The minimum absolute atomic E-state index is 0.0667. The minimum atomic E-state index is -4.65. The Bertz CT molecular complexity index is 1700. The van der Waals surface area contributed by atoms with Gasteiger partial charge in [0.1, 0.15) is 11.3 Å². The zero-order valence-corrected chi connectivity index (χ0v) is 19.3. The number of urea groups is 1. The van der Waals surface area contributed by atoms with Gasteiger partial charge in [0.25, 0.3) is 0 Å². The van der Waals surface area contributed by atoms with Crippen molar-refractivity contribution >= 4 is 40.0 Å². The van der Waals surface area contributed by atoms with Gasteiger partial charge in [-0.3, -0.25) is 0 Å². The average molecular weight is 526 g/mol. The van der Waals surface area contributed by atoms with E-state index in [1.165, 1.54) is 12.1 Å². The molecule has 2 heterocycles. The standard InChI is InChI=1S/C25H15ClF3N5O3/c26-20-7-5-17(12-19(20)25(27,28)29)31-24(36)30-16-3-1-2-14(10-16)21-13-34(33-32-21)18-6-8-22-15(11-18)4-9-23(35)37-22/h1-13H,(H2,30,31,36). The summed E-state index contributed by atoms with van der Waals surface area (Å²) in [6, 6.07) is 17.2. The maximum absolute atomic E-state index is 13.1. The second-order valence-electron chi connectivity index (χ2n) is 7.88. The van der Waals surface area contributed by atoms with Crippen molar-refractivity contribution in [2.75, 3.05) is 10.6 Å². The van der Waals surface area contributed by atoms with Crippen LogP contribution in [0.25, 0.3) is 27.9 Å². The van der Waals surface area contributed by atoms with Crippen LogP contribution in [0.15, 0.2) is 88.2 Å². The summed E-state index contributed by atoms with van der Waals surface area (Å²) in [6.07, 6.45) is -2.97. The van der Waals surface area contributed by atoms with Crippen LogP contribution in [0.5, 0.6) is 0 Å². The second-order valence-corrected chi connectivity index (χ2v) is 8.28. The van der Waals surface area contributed by atoms with E-state index in [-0.39, 0.29) is 5.69 Å². The van der Waals surface area contributed by atoms with E-state index in [9.17, 15) is 22.8 Å². The highest BCUT2D eigenvalue weighted by Gasteiger charge is 2.33. The van der Waals surface area contributed by atoms with Crippen LogP contribution in [0.4, 0.5) is 29.3 Å². The molecule has 0 spiro atoms. The summed E-state index contributed by atoms with van der Waals surface area (Å²) in [6.45, 7) is 0. The molecule has 3 aromatic carbocycles. The molecular weight excluding hydrogens is 511 g/mol. The number of benzene rings is 3. The summed E-state index contributed by atoms with van der Waals surface area (Å²) < 4.78 is 45.9. The normalized spacial score (nSPS) is 11.5. The molecule has 8 nitrogen and oxygen atoms in total. The quantitative estimate of drug-likeness (QED) is 0.266. The molecule has 0 bridgehead atoms. The fourth-order valence-corrected chi connectivity index (χ4v) is 3.82. The number of hydrogen-bond acceptors (Lipinski definition) is 5.